The molecule has 2 fully saturated rings. The summed E-state index contributed by atoms with van der Waals surface area (Å²) in [6.07, 6.45) is 3.58. The van der Waals surface area contributed by atoms with Gasteiger partial charge in [-0.15, -0.1) is 0 Å². The molecule has 0 N–H and O–H groups in total. The van der Waals surface area contributed by atoms with Gasteiger partial charge in [-0.2, -0.15) is 0 Å². The third-order valence-electron chi connectivity index (χ3n) is 4.62. The van der Waals surface area contributed by atoms with E-state index >= 15 is 0 Å². The normalized spacial score (nSPS) is 34.8. The van der Waals surface area contributed by atoms with Crippen molar-refractivity contribution in [3.05, 3.63) is 11.6 Å². The van der Waals surface area contributed by atoms with Gasteiger partial charge in [-0.05, 0) is 32.1 Å². The molecule has 0 aromatic rings. The van der Waals surface area contributed by atoms with Crippen LogP contribution in [0.25, 0.3) is 0 Å². The molecule has 0 amide bonds. The highest BCUT2D eigenvalue weighted by Crippen LogP contribution is 2.55. The molecule has 2 atom stereocenters. The zero-order chi connectivity index (χ0) is 14.3. The van der Waals surface area contributed by atoms with E-state index in [-0.39, 0.29) is 28.9 Å². The molecule has 0 aromatic carbocycles. The number of carbonyl (C=O) groups excluding carboxylic acids is 2. The number of rotatable bonds is 2. The largest absolute Gasteiger partial charge is 0.463 e. The number of allylic oxidation sites excluding steroid dienone is 1. The Morgan fingerprint density at radius 3 is 2.79 bits per heavy atom. The Hall–Kier alpha value is -1.32. The average molecular weight is 266 g/mol. The summed E-state index contributed by atoms with van der Waals surface area (Å²) in [5.74, 6) is -0.292. The number of ether oxygens (including phenoxy) is 2. The molecular formula is C15H22O4. The van der Waals surface area contributed by atoms with Crippen LogP contribution in [0.15, 0.2) is 11.6 Å². The summed E-state index contributed by atoms with van der Waals surface area (Å²) in [5.41, 5.74) is 0.463. The monoisotopic (exact) mass is 266 g/mol. The van der Waals surface area contributed by atoms with Crippen molar-refractivity contribution in [1.29, 1.82) is 0 Å². The van der Waals surface area contributed by atoms with Gasteiger partial charge in [0.25, 0.3) is 0 Å². The first-order valence-electron chi connectivity index (χ1n) is 6.89. The minimum absolute atomic E-state index is 0.127. The van der Waals surface area contributed by atoms with Crippen molar-refractivity contribution in [2.45, 2.75) is 52.6 Å². The van der Waals surface area contributed by atoms with E-state index in [4.69, 9.17) is 9.47 Å². The number of hydrogen-bond acceptors (Lipinski definition) is 4. The predicted octanol–water partition coefficient (Wildman–Crippen LogP) is 2.62. The van der Waals surface area contributed by atoms with Gasteiger partial charge in [0.2, 0.25) is 0 Å². The van der Waals surface area contributed by atoms with Gasteiger partial charge in [-0.25, -0.2) is 4.79 Å². The van der Waals surface area contributed by atoms with Crippen LogP contribution in [0.2, 0.25) is 0 Å². The third kappa shape index (κ3) is 2.40. The second kappa shape index (κ2) is 4.66. The summed E-state index contributed by atoms with van der Waals surface area (Å²) in [6.45, 7) is 8.35. The van der Waals surface area contributed by atoms with Crippen molar-refractivity contribution in [3.8, 4) is 0 Å². The molecule has 0 aromatic heterocycles. The van der Waals surface area contributed by atoms with Crippen LogP contribution in [-0.2, 0) is 19.1 Å². The Morgan fingerprint density at radius 1 is 1.47 bits per heavy atom. The number of carbonyl (C=O) groups is 2. The van der Waals surface area contributed by atoms with E-state index in [1.165, 1.54) is 0 Å². The van der Waals surface area contributed by atoms with Crippen LogP contribution >= 0.6 is 0 Å². The molecule has 0 radical (unpaired) electrons. The Bertz CT molecular complexity index is 435. The van der Waals surface area contributed by atoms with Crippen LogP contribution in [0.4, 0.5) is 0 Å². The summed E-state index contributed by atoms with van der Waals surface area (Å²) >= 11 is 0. The van der Waals surface area contributed by atoms with E-state index in [9.17, 15) is 9.59 Å². The fraction of sp³-hybridized carbons (Fsp3) is 0.733. The van der Waals surface area contributed by atoms with Crippen LogP contribution in [0, 0.1) is 11.3 Å². The maximum absolute atomic E-state index is 11.6. The topological polar surface area (TPSA) is 52.6 Å². The predicted molar refractivity (Wildman–Crippen MR) is 70.3 cm³/mol. The van der Waals surface area contributed by atoms with E-state index in [2.05, 4.69) is 13.8 Å². The summed E-state index contributed by atoms with van der Waals surface area (Å²) < 4.78 is 10.5. The molecule has 1 aliphatic heterocycles. The number of esters is 2. The average Bonchev–Trinajstić information content (AvgIpc) is 2.60. The fourth-order valence-corrected chi connectivity index (χ4v) is 3.51. The molecule has 1 aliphatic carbocycles. The Balaban J connectivity index is 2.27. The molecule has 0 spiro atoms. The van der Waals surface area contributed by atoms with Gasteiger partial charge in [0.1, 0.15) is 5.60 Å². The van der Waals surface area contributed by atoms with E-state index in [1.807, 2.05) is 6.92 Å². The van der Waals surface area contributed by atoms with E-state index in [1.54, 1.807) is 13.0 Å². The van der Waals surface area contributed by atoms with Crippen molar-refractivity contribution in [2.75, 3.05) is 6.61 Å². The second-order valence-electron chi connectivity index (χ2n) is 6.19. The number of fused-ring (bicyclic) bond motifs is 1. The zero-order valence-electron chi connectivity index (χ0n) is 12.1. The van der Waals surface area contributed by atoms with Crippen molar-refractivity contribution < 1.29 is 19.1 Å². The van der Waals surface area contributed by atoms with Crippen LogP contribution in [0.1, 0.15) is 47.0 Å². The molecule has 1 heterocycles. The van der Waals surface area contributed by atoms with Gasteiger partial charge in [0, 0.05) is 12.0 Å². The molecule has 2 aliphatic rings. The Kier molecular flexibility index (Phi) is 3.45. The molecule has 2 rings (SSSR count). The Labute approximate surface area is 114 Å². The molecular weight excluding hydrogens is 244 g/mol. The summed E-state index contributed by atoms with van der Waals surface area (Å²) in [4.78, 5) is 23.2. The molecule has 1 saturated carbocycles. The quantitative estimate of drug-likeness (QED) is 0.569. The van der Waals surface area contributed by atoms with Gasteiger partial charge in [-0.3, -0.25) is 4.79 Å². The van der Waals surface area contributed by atoms with Crippen molar-refractivity contribution >= 4 is 11.9 Å². The van der Waals surface area contributed by atoms with Gasteiger partial charge >= 0.3 is 11.9 Å². The van der Waals surface area contributed by atoms with Crippen molar-refractivity contribution in [3.63, 3.8) is 0 Å². The maximum atomic E-state index is 11.6. The first-order chi connectivity index (χ1) is 8.79. The highest BCUT2D eigenvalue weighted by Gasteiger charge is 2.56. The summed E-state index contributed by atoms with van der Waals surface area (Å²) in [5, 5.41) is 0. The smallest absolute Gasteiger partial charge is 0.330 e. The molecule has 1 saturated heterocycles. The molecule has 0 bridgehead atoms. The summed E-state index contributed by atoms with van der Waals surface area (Å²) in [6, 6.07) is 0. The lowest BCUT2D eigenvalue weighted by molar-refractivity contribution is -0.150. The summed E-state index contributed by atoms with van der Waals surface area (Å²) in [7, 11) is 0. The van der Waals surface area contributed by atoms with Gasteiger partial charge < -0.3 is 9.47 Å². The van der Waals surface area contributed by atoms with Crippen LogP contribution in [-0.4, -0.2) is 24.1 Å². The molecule has 4 heteroatoms. The minimum Gasteiger partial charge on any atom is -0.463 e. The van der Waals surface area contributed by atoms with Gasteiger partial charge in [0.15, 0.2) is 0 Å². The van der Waals surface area contributed by atoms with Gasteiger partial charge in [0.05, 0.1) is 13.0 Å². The maximum Gasteiger partial charge on any atom is 0.330 e. The lowest BCUT2D eigenvalue weighted by Crippen LogP contribution is -2.45. The van der Waals surface area contributed by atoms with Crippen LogP contribution < -0.4 is 0 Å². The lowest BCUT2D eigenvalue weighted by atomic mass is 9.59. The minimum atomic E-state index is -0.382. The van der Waals surface area contributed by atoms with Crippen molar-refractivity contribution in [2.24, 2.45) is 11.3 Å². The lowest BCUT2D eigenvalue weighted by Gasteiger charge is -2.46. The highest BCUT2D eigenvalue weighted by molar-refractivity contribution is 5.83. The highest BCUT2D eigenvalue weighted by atomic mass is 16.6. The molecule has 4 nitrogen and oxygen atoms in total. The zero-order valence-corrected chi connectivity index (χ0v) is 12.1. The molecule has 19 heavy (non-hydrogen) atoms. The van der Waals surface area contributed by atoms with Gasteiger partial charge in [-0.1, -0.05) is 19.4 Å². The third-order valence-corrected chi connectivity index (χ3v) is 4.62. The van der Waals surface area contributed by atoms with E-state index in [0.29, 0.717) is 13.0 Å². The molecule has 106 valence electrons. The molecule has 0 unspecified atom stereocenters. The van der Waals surface area contributed by atoms with Crippen LogP contribution in [0.5, 0.6) is 0 Å². The first kappa shape index (κ1) is 14.1. The first-order valence-corrected chi connectivity index (χ1v) is 6.89. The SMILES string of the molecule is CCOC(=O)/C=C1\CC[C@@]2(C)OC(=O)C[C@@H]2C1(C)C. The fourth-order valence-electron chi connectivity index (χ4n) is 3.51. The standard InChI is InChI=1S/C15H22O4/c1-5-18-12(16)8-10-6-7-15(4)11(14(10,2)3)9-13(17)19-15/h8,11H,5-7,9H2,1-4H3/b10-8+/t11-,15-/m1/s1. The number of hydrogen-bond donors (Lipinski definition) is 0. The van der Waals surface area contributed by atoms with Crippen LogP contribution in [0.3, 0.4) is 0 Å². The van der Waals surface area contributed by atoms with E-state index < -0.39 is 0 Å². The van der Waals surface area contributed by atoms with Crippen molar-refractivity contribution in [1.82, 2.24) is 0 Å². The second-order valence-corrected chi connectivity index (χ2v) is 6.19. The Morgan fingerprint density at radius 2 is 2.16 bits per heavy atom. The van der Waals surface area contributed by atoms with E-state index in [0.717, 1.165) is 18.4 Å².